The molecule has 5 heteroatoms. The maximum atomic E-state index is 12.9. The number of amides is 2. The lowest BCUT2D eigenvalue weighted by molar-refractivity contribution is -0.143. The van der Waals surface area contributed by atoms with E-state index in [0.29, 0.717) is 12.8 Å². The Morgan fingerprint density at radius 1 is 1.21 bits per heavy atom. The van der Waals surface area contributed by atoms with Gasteiger partial charge in [0.05, 0.1) is 12.5 Å². The van der Waals surface area contributed by atoms with Crippen molar-refractivity contribution >= 4 is 11.8 Å². The Morgan fingerprint density at radius 3 is 2.72 bits per heavy atom. The molecule has 2 amide bonds. The summed E-state index contributed by atoms with van der Waals surface area (Å²) < 4.78 is 5.76. The summed E-state index contributed by atoms with van der Waals surface area (Å²) in [5.41, 5.74) is 3.71. The Kier molecular flexibility index (Phi) is 5.95. The molecule has 3 heterocycles. The summed E-state index contributed by atoms with van der Waals surface area (Å²) in [5.74, 6) is 0.510. The summed E-state index contributed by atoms with van der Waals surface area (Å²) in [5, 5.41) is 0. The van der Waals surface area contributed by atoms with Crippen LogP contribution in [-0.2, 0) is 20.7 Å². The molecule has 0 bridgehead atoms. The number of likely N-dealkylation sites (tertiary alicyclic amines) is 2. The number of rotatable bonds is 4. The standard InChI is InChI=1S/C24H34N2O3/c1-18-5-6-19(2)20(14-18)15-23(28)25-11-9-24(10-12-25)8-7-22(27)26(17-24)16-21-4-3-13-29-21/h5-6,14,21H,3-4,7-13,15-17H2,1-2H3. The molecule has 0 saturated carbocycles. The Hall–Kier alpha value is -1.88. The van der Waals surface area contributed by atoms with Crippen molar-refractivity contribution in [3.63, 3.8) is 0 Å². The number of hydrogen-bond donors (Lipinski definition) is 0. The summed E-state index contributed by atoms with van der Waals surface area (Å²) in [6.07, 6.45) is 6.49. The van der Waals surface area contributed by atoms with Crippen molar-refractivity contribution in [3.05, 3.63) is 34.9 Å². The van der Waals surface area contributed by atoms with Gasteiger partial charge < -0.3 is 14.5 Å². The third-order valence-electron chi connectivity index (χ3n) is 7.22. The Balaban J connectivity index is 1.33. The van der Waals surface area contributed by atoms with Gasteiger partial charge in [-0.1, -0.05) is 23.8 Å². The highest BCUT2D eigenvalue weighted by Gasteiger charge is 2.42. The zero-order valence-corrected chi connectivity index (χ0v) is 17.9. The van der Waals surface area contributed by atoms with Crippen molar-refractivity contribution in [1.29, 1.82) is 0 Å². The molecule has 29 heavy (non-hydrogen) atoms. The smallest absolute Gasteiger partial charge is 0.227 e. The molecule has 1 aromatic carbocycles. The van der Waals surface area contributed by atoms with Gasteiger partial charge in [-0.15, -0.1) is 0 Å². The zero-order chi connectivity index (χ0) is 20.4. The van der Waals surface area contributed by atoms with Gasteiger partial charge in [0, 0.05) is 39.2 Å². The molecule has 1 unspecified atom stereocenters. The third-order valence-corrected chi connectivity index (χ3v) is 7.22. The average Bonchev–Trinajstić information content (AvgIpc) is 3.21. The van der Waals surface area contributed by atoms with Gasteiger partial charge in [-0.25, -0.2) is 0 Å². The summed E-state index contributed by atoms with van der Waals surface area (Å²) in [7, 11) is 0. The number of carbonyl (C=O) groups is 2. The van der Waals surface area contributed by atoms with Gasteiger partial charge in [0.25, 0.3) is 0 Å². The molecule has 3 aliphatic rings. The van der Waals surface area contributed by atoms with Crippen LogP contribution in [-0.4, -0.2) is 60.5 Å². The van der Waals surface area contributed by atoms with E-state index in [0.717, 1.165) is 70.5 Å². The van der Waals surface area contributed by atoms with E-state index in [-0.39, 0.29) is 23.3 Å². The number of carbonyl (C=O) groups excluding carboxylic acids is 2. The van der Waals surface area contributed by atoms with Gasteiger partial charge in [0.15, 0.2) is 0 Å². The zero-order valence-electron chi connectivity index (χ0n) is 17.9. The molecule has 0 radical (unpaired) electrons. The van der Waals surface area contributed by atoms with E-state index >= 15 is 0 Å². The van der Waals surface area contributed by atoms with Crippen LogP contribution in [0.1, 0.15) is 55.2 Å². The van der Waals surface area contributed by atoms with Crippen molar-refractivity contribution in [2.75, 3.05) is 32.8 Å². The van der Waals surface area contributed by atoms with Crippen LogP contribution in [0.2, 0.25) is 0 Å². The third kappa shape index (κ3) is 4.66. The molecular weight excluding hydrogens is 364 g/mol. The predicted octanol–water partition coefficient (Wildman–Crippen LogP) is 3.26. The molecule has 5 nitrogen and oxygen atoms in total. The van der Waals surface area contributed by atoms with Gasteiger partial charge in [-0.2, -0.15) is 0 Å². The van der Waals surface area contributed by atoms with Gasteiger partial charge in [0.1, 0.15) is 0 Å². The monoisotopic (exact) mass is 398 g/mol. The minimum atomic E-state index is 0.183. The molecule has 3 fully saturated rings. The van der Waals surface area contributed by atoms with E-state index in [1.807, 2.05) is 9.80 Å². The van der Waals surface area contributed by atoms with Gasteiger partial charge in [0.2, 0.25) is 11.8 Å². The number of hydrogen-bond acceptors (Lipinski definition) is 3. The first-order valence-electron chi connectivity index (χ1n) is 11.2. The molecule has 158 valence electrons. The van der Waals surface area contributed by atoms with Crippen molar-refractivity contribution < 1.29 is 14.3 Å². The Morgan fingerprint density at radius 2 is 2.00 bits per heavy atom. The number of aryl methyl sites for hydroxylation is 2. The van der Waals surface area contributed by atoms with Crippen LogP contribution in [0.5, 0.6) is 0 Å². The van der Waals surface area contributed by atoms with E-state index in [1.54, 1.807) is 0 Å². The van der Waals surface area contributed by atoms with Crippen molar-refractivity contribution in [2.45, 2.75) is 64.9 Å². The van der Waals surface area contributed by atoms with E-state index in [4.69, 9.17) is 4.74 Å². The summed E-state index contributed by atoms with van der Waals surface area (Å²) in [4.78, 5) is 29.4. The van der Waals surface area contributed by atoms with Crippen molar-refractivity contribution in [3.8, 4) is 0 Å². The molecule has 4 rings (SSSR count). The summed E-state index contributed by atoms with van der Waals surface area (Å²) in [6.45, 7) is 8.19. The fourth-order valence-corrected chi connectivity index (χ4v) is 5.21. The number of ether oxygens (including phenoxy) is 1. The first kappa shape index (κ1) is 20.4. The molecule has 1 atom stereocenters. The van der Waals surface area contributed by atoms with Crippen LogP contribution in [0.25, 0.3) is 0 Å². The second-order valence-corrected chi connectivity index (χ2v) is 9.40. The minimum Gasteiger partial charge on any atom is -0.376 e. The second kappa shape index (κ2) is 8.47. The first-order valence-corrected chi connectivity index (χ1v) is 11.2. The van der Waals surface area contributed by atoms with Crippen LogP contribution in [0, 0.1) is 19.3 Å². The quantitative estimate of drug-likeness (QED) is 0.782. The predicted molar refractivity (Wildman–Crippen MR) is 113 cm³/mol. The van der Waals surface area contributed by atoms with Crippen LogP contribution >= 0.6 is 0 Å². The average molecular weight is 399 g/mol. The van der Waals surface area contributed by atoms with Gasteiger partial charge >= 0.3 is 0 Å². The van der Waals surface area contributed by atoms with E-state index < -0.39 is 0 Å². The molecule has 3 aliphatic heterocycles. The highest BCUT2D eigenvalue weighted by Crippen LogP contribution is 2.40. The molecule has 0 aliphatic carbocycles. The molecule has 0 N–H and O–H groups in total. The minimum absolute atomic E-state index is 0.183. The topological polar surface area (TPSA) is 49.9 Å². The van der Waals surface area contributed by atoms with Crippen LogP contribution in [0.3, 0.4) is 0 Å². The lowest BCUT2D eigenvalue weighted by atomic mass is 9.72. The second-order valence-electron chi connectivity index (χ2n) is 9.40. The number of nitrogens with zero attached hydrogens (tertiary/aromatic N) is 2. The maximum absolute atomic E-state index is 12.9. The lowest BCUT2D eigenvalue weighted by Crippen LogP contribution is -2.53. The molecule has 1 spiro atoms. The highest BCUT2D eigenvalue weighted by molar-refractivity contribution is 5.79. The van der Waals surface area contributed by atoms with E-state index in [1.165, 1.54) is 11.1 Å². The van der Waals surface area contributed by atoms with Crippen LogP contribution < -0.4 is 0 Å². The van der Waals surface area contributed by atoms with Gasteiger partial charge in [-0.3, -0.25) is 9.59 Å². The Bertz CT molecular complexity index is 761. The Labute approximate surface area is 174 Å². The molecular formula is C24H34N2O3. The number of piperidine rings is 2. The fraction of sp³-hybridized carbons (Fsp3) is 0.667. The number of benzene rings is 1. The lowest BCUT2D eigenvalue weighted by Gasteiger charge is -2.47. The molecule has 1 aromatic rings. The maximum Gasteiger partial charge on any atom is 0.227 e. The SMILES string of the molecule is Cc1ccc(C)c(CC(=O)N2CCC3(CCC(=O)N(CC4CCCO4)C3)CC2)c1. The first-order chi connectivity index (χ1) is 13.9. The van der Waals surface area contributed by atoms with Gasteiger partial charge in [-0.05, 0) is 62.5 Å². The normalized spacial score (nSPS) is 24.3. The molecule has 3 saturated heterocycles. The largest absolute Gasteiger partial charge is 0.376 e. The van der Waals surface area contributed by atoms with Crippen LogP contribution in [0.4, 0.5) is 0 Å². The summed E-state index contributed by atoms with van der Waals surface area (Å²) >= 11 is 0. The van der Waals surface area contributed by atoms with Crippen molar-refractivity contribution in [1.82, 2.24) is 9.80 Å². The van der Waals surface area contributed by atoms with Crippen LogP contribution in [0.15, 0.2) is 18.2 Å². The van der Waals surface area contributed by atoms with E-state index in [9.17, 15) is 9.59 Å². The van der Waals surface area contributed by atoms with E-state index in [2.05, 4.69) is 32.0 Å². The fourth-order valence-electron chi connectivity index (χ4n) is 5.21. The summed E-state index contributed by atoms with van der Waals surface area (Å²) in [6, 6.07) is 6.33. The van der Waals surface area contributed by atoms with Crippen molar-refractivity contribution in [2.24, 2.45) is 5.41 Å². The highest BCUT2D eigenvalue weighted by atomic mass is 16.5. The molecule has 0 aromatic heterocycles.